The molecule has 0 radical (unpaired) electrons. The molecule has 6 heteroatoms. The molecule has 0 unspecified atom stereocenters. The third-order valence-corrected chi connectivity index (χ3v) is 4.37. The summed E-state index contributed by atoms with van der Waals surface area (Å²) in [5, 5.41) is 0.103. The Hall–Kier alpha value is -1.46. The molecule has 0 bridgehead atoms. The van der Waals surface area contributed by atoms with Crippen LogP contribution in [0.1, 0.15) is 11.4 Å². The summed E-state index contributed by atoms with van der Waals surface area (Å²) in [4.78, 5) is 8.71. The zero-order valence-electron chi connectivity index (χ0n) is 10.4. The van der Waals surface area contributed by atoms with Crippen molar-refractivity contribution in [2.45, 2.75) is 12.7 Å². The molecule has 2 aromatic rings. The fraction of sp³-hybridized carbons (Fsp3) is 0.231. The summed E-state index contributed by atoms with van der Waals surface area (Å²) in [6.45, 7) is 5.15. The van der Waals surface area contributed by atoms with E-state index >= 15 is 0 Å². The summed E-state index contributed by atoms with van der Waals surface area (Å²) in [6, 6.07) is 7.35. The number of aryl methyl sites for hydroxylation is 1. The van der Waals surface area contributed by atoms with Crippen molar-refractivity contribution in [3.8, 4) is 0 Å². The first-order valence-corrected chi connectivity index (χ1v) is 7.83. The van der Waals surface area contributed by atoms with E-state index in [1.807, 2.05) is 18.2 Å². The summed E-state index contributed by atoms with van der Waals surface area (Å²) in [6.07, 6.45) is 0. The normalized spacial score (nSPS) is 11.7. The topological polar surface area (TPSA) is 59.9 Å². The van der Waals surface area contributed by atoms with E-state index in [9.17, 15) is 8.42 Å². The molecule has 100 valence electrons. The Bertz CT molecular complexity index is 741. The van der Waals surface area contributed by atoms with Gasteiger partial charge < -0.3 is 0 Å². The molecule has 1 aromatic carbocycles. The maximum Gasteiger partial charge on any atom is 0.161 e. The first-order valence-electron chi connectivity index (χ1n) is 5.63. The number of benzene rings is 1. The van der Waals surface area contributed by atoms with Crippen LogP contribution < -0.4 is 0 Å². The fourth-order valence-corrected chi connectivity index (χ4v) is 3.53. The average Bonchev–Trinajstić information content (AvgIpc) is 2.27. The van der Waals surface area contributed by atoms with Gasteiger partial charge in [-0.25, -0.2) is 18.4 Å². The molecule has 0 aliphatic carbocycles. The number of sulfone groups is 1. The van der Waals surface area contributed by atoms with Crippen molar-refractivity contribution in [3.63, 3.8) is 0 Å². The number of hydrogen-bond acceptors (Lipinski definition) is 4. The van der Waals surface area contributed by atoms with E-state index in [4.69, 9.17) is 11.6 Å². The van der Waals surface area contributed by atoms with Crippen LogP contribution in [0.3, 0.4) is 0 Å². The Kier molecular flexibility index (Phi) is 3.87. The minimum Gasteiger partial charge on any atom is -0.250 e. The van der Waals surface area contributed by atoms with E-state index in [-0.39, 0.29) is 16.5 Å². The lowest BCUT2D eigenvalue weighted by atomic mass is 10.2. The minimum atomic E-state index is -3.36. The molecule has 0 atom stereocenters. The fourth-order valence-electron chi connectivity index (χ4n) is 1.76. The van der Waals surface area contributed by atoms with Gasteiger partial charge in [-0.1, -0.05) is 30.3 Å². The van der Waals surface area contributed by atoms with Crippen molar-refractivity contribution in [2.75, 3.05) is 5.75 Å². The van der Waals surface area contributed by atoms with Gasteiger partial charge in [0.15, 0.2) is 9.84 Å². The van der Waals surface area contributed by atoms with Crippen LogP contribution in [0.15, 0.2) is 35.9 Å². The maximum atomic E-state index is 11.9. The zero-order valence-corrected chi connectivity index (χ0v) is 12.0. The van der Waals surface area contributed by atoms with Crippen molar-refractivity contribution in [1.29, 1.82) is 0 Å². The van der Waals surface area contributed by atoms with Crippen LogP contribution in [0, 0.1) is 6.92 Å². The molecule has 1 aromatic heterocycles. The van der Waals surface area contributed by atoms with Gasteiger partial charge in [-0.05, 0) is 19.1 Å². The van der Waals surface area contributed by atoms with E-state index in [0.717, 1.165) is 5.52 Å². The molecule has 0 saturated heterocycles. The van der Waals surface area contributed by atoms with E-state index in [0.29, 0.717) is 16.9 Å². The summed E-state index contributed by atoms with van der Waals surface area (Å²) in [5.41, 5.74) is 2.50. The third kappa shape index (κ3) is 3.52. The third-order valence-electron chi connectivity index (χ3n) is 2.58. The van der Waals surface area contributed by atoms with Crippen LogP contribution in [-0.2, 0) is 15.6 Å². The summed E-state index contributed by atoms with van der Waals surface area (Å²) in [5.74, 6) is -0.426. The lowest BCUT2D eigenvalue weighted by molar-refractivity contribution is 0.597. The average molecular weight is 297 g/mol. The van der Waals surface area contributed by atoms with Gasteiger partial charge in [0.25, 0.3) is 0 Å². The second kappa shape index (κ2) is 5.27. The van der Waals surface area contributed by atoms with E-state index in [2.05, 4.69) is 16.5 Å². The smallest absolute Gasteiger partial charge is 0.161 e. The number of para-hydroxylation sites is 2. The van der Waals surface area contributed by atoms with Gasteiger partial charge in [0, 0.05) is 5.03 Å². The number of fused-ring (bicyclic) bond motifs is 1. The van der Waals surface area contributed by atoms with Crippen molar-refractivity contribution in [3.05, 3.63) is 47.3 Å². The van der Waals surface area contributed by atoms with Crippen molar-refractivity contribution < 1.29 is 8.42 Å². The minimum absolute atomic E-state index is 0.103. The molecule has 19 heavy (non-hydrogen) atoms. The predicted octanol–water partition coefficient (Wildman–Crippen LogP) is 2.61. The Morgan fingerprint density at radius 3 is 2.42 bits per heavy atom. The van der Waals surface area contributed by atoms with Gasteiger partial charge in [0.1, 0.15) is 0 Å². The Balaban J connectivity index is 2.40. The molecule has 4 nitrogen and oxygen atoms in total. The van der Waals surface area contributed by atoms with Gasteiger partial charge in [0.2, 0.25) is 0 Å². The van der Waals surface area contributed by atoms with Gasteiger partial charge in [0.05, 0.1) is 33.9 Å². The molecule has 0 N–H and O–H groups in total. The van der Waals surface area contributed by atoms with E-state index in [1.165, 1.54) is 0 Å². The molecule has 2 rings (SSSR count). The maximum absolute atomic E-state index is 11.9. The molecule has 0 fully saturated rings. The molecule has 0 spiro atoms. The van der Waals surface area contributed by atoms with E-state index in [1.54, 1.807) is 13.0 Å². The predicted molar refractivity (Wildman–Crippen MR) is 76.8 cm³/mol. The van der Waals surface area contributed by atoms with Gasteiger partial charge in [-0.15, -0.1) is 0 Å². The van der Waals surface area contributed by atoms with Crippen LogP contribution in [0.5, 0.6) is 0 Å². The van der Waals surface area contributed by atoms with Gasteiger partial charge >= 0.3 is 0 Å². The van der Waals surface area contributed by atoms with Crippen LogP contribution in [0.25, 0.3) is 11.0 Å². The second-order valence-corrected chi connectivity index (χ2v) is 6.89. The molecular weight excluding hydrogens is 284 g/mol. The first-order chi connectivity index (χ1) is 8.87. The largest absolute Gasteiger partial charge is 0.250 e. The Morgan fingerprint density at radius 1 is 1.26 bits per heavy atom. The number of aromatic nitrogens is 2. The molecule has 0 aliphatic rings. The van der Waals surface area contributed by atoms with Gasteiger partial charge in [-0.3, -0.25) is 0 Å². The monoisotopic (exact) mass is 296 g/mol. The highest BCUT2D eigenvalue weighted by Crippen LogP contribution is 2.16. The Labute approximate surface area is 117 Å². The highest BCUT2D eigenvalue weighted by atomic mass is 35.5. The lowest BCUT2D eigenvalue weighted by Gasteiger charge is -2.07. The van der Waals surface area contributed by atoms with Crippen LogP contribution >= 0.6 is 11.6 Å². The molecule has 0 aliphatic heterocycles. The molecule has 0 saturated carbocycles. The SMILES string of the molecule is C=C(Cl)CS(=O)(=O)Cc1nc2ccccc2nc1C. The number of hydrogen-bond donors (Lipinski definition) is 0. The van der Waals surface area contributed by atoms with Crippen molar-refractivity contribution >= 4 is 32.5 Å². The van der Waals surface area contributed by atoms with Crippen LogP contribution in [0.4, 0.5) is 0 Å². The molecule has 1 heterocycles. The highest BCUT2D eigenvalue weighted by Gasteiger charge is 2.16. The van der Waals surface area contributed by atoms with Crippen molar-refractivity contribution in [1.82, 2.24) is 9.97 Å². The first kappa shape index (κ1) is 14.0. The quantitative estimate of drug-likeness (QED) is 0.870. The Morgan fingerprint density at radius 2 is 1.84 bits per heavy atom. The number of halogens is 1. The second-order valence-electron chi connectivity index (χ2n) is 4.29. The van der Waals surface area contributed by atoms with Crippen LogP contribution in [-0.4, -0.2) is 24.1 Å². The standard InChI is InChI=1S/C13H13ClN2O2S/c1-9(14)7-19(17,18)8-13-10(2)15-11-5-3-4-6-12(11)16-13/h3-6H,1,7-8H2,2H3. The van der Waals surface area contributed by atoms with Crippen molar-refractivity contribution in [2.24, 2.45) is 0 Å². The summed E-state index contributed by atoms with van der Waals surface area (Å²) < 4.78 is 23.8. The molecular formula is C13H13ClN2O2S. The summed E-state index contributed by atoms with van der Waals surface area (Å²) in [7, 11) is -3.36. The molecule has 0 amide bonds. The summed E-state index contributed by atoms with van der Waals surface area (Å²) >= 11 is 5.55. The number of rotatable bonds is 4. The van der Waals surface area contributed by atoms with Crippen LogP contribution in [0.2, 0.25) is 0 Å². The van der Waals surface area contributed by atoms with Gasteiger partial charge in [-0.2, -0.15) is 0 Å². The lowest BCUT2D eigenvalue weighted by Crippen LogP contribution is -2.12. The zero-order chi connectivity index (χ0) is 14.0. The van der Waals surface area contributed by atoms with E-state index < -0.39 is 9.84 Å². The highest BCUT2D eigenvalue weighted by molar-refractivity contribution is 7.90. The number of nitrogens with zero attached hydrogens (tertiary/aromatic N) is 2.